The standard InChI is InChI=1S/C28H27N3O6/c1-35-25-15-21(9-12-24(25)36-18-20-5-3-2-4-6-20)26(30-22-10-7-19(16-29)8-11-22)27(32)31-14-13-23(17-31)37-28(33)34/h2-12,15,23,26,30H,13-14,17-18H2,1H3,(H,33,34). The molecule has 1 aliphatic rings. The first-order valence-corrected chi connectivity index (χ1v) is 11.8. The number of carbonyl (C=O) groups is 2. The third kappa shape index (κ3) is 6.49. The van der Waals surface area contributed by atoms with E-state index in [-0.39, 0.29) is 12.5 Å². The molecule has 1 saturated heterocycles. The molecule has 2 N–H and O–H groups in total. The highest BCUT2D eigenvalue weighted by Crippen LogP contribution is 2.33. The molecule has 2 unspecified atom stereocenters. The lowest BCUT2D eigenvalue weighted by molar-refractivity contribution is -0.131. The summed E-state index contributed by atoms with van der Waals surface area (Å²) in [5.41, 5.74) is 2.80. The Morgan fingerprint density at radius 1 is 1.11 bits per heavy atom. The van der Waals surface area contributed by atoms with E-state index in [4.69, 9.17) is 24.6 Å². The van der Waals surface area contributed by atoms with Crippen LogP contribution in [0.2, 0.25) is 0 Å². The van der Waals surface area contributed by atoms with E-state index in [0.717, 1.165) is 5.56 Å². The molecule has 3 aromatic rings. The first-order valence-electron chi connectivity index (χ1n) is 11.8. The van der Waals surface area contributed by atoms with Gasteiger partial charge in [0.25, 0.3) is 0 Å². The monoisotopic (exact) mass is 501 g/mol. The van der Waals surface area contributed by atoms with Gasteiger partial charge in [0.2, 0.25) is 5.91 Å². The van der Waals surface area contributed by atoms with Crippen LogP contribution in [0.4, 0.5) is 10.5 Å². The molecule has 4 rings (SSSR count). The van der Waals surface area contributed by atoms with Crippen molar-refractivity contribution in [2.24, 2.45) is 0 Å². The average molecular weight is 502 g/mol. The fraction of sp³-hybridized carbons (Fsp3) is 0.250. The van der Waals surface area contributed by atoms with Crippen molar-refractivity contribution >= 4 is 17.7 Å². The van der Waals surface area contributed by atoms with Gasteiger partial charge in [0.15, 0.2) is 11.5 Å². The summed E-state index contributed by atoms with van der Waals surface area (Å²) in [6.45, 7) is 0.908. The van der Waals surface area contributed by atoms with Gasteiger partial charge < -0.3 is 29.5 Å². The molecule has 0 aliphatic carbocycles. The molecule has 0 spiro atoms. The van der Waals surface area contributed by atoms with Crippen LogP contribution < -0.4 is 14.8 Å². The molecule has 0 bridgehead atoms. The zero-order valence-electron chi connectivity index (χ0n) is 20.3. The number of nitriles is 1. The van der Waals surface area contributed by atoms with Crippen LogP contribution in [0.25, 0.3) is 0 Å². The number of anilines is 1. The summed E-state index contributed by atoms with van der Waals surface area (Å²) in [5.74, 6) is 0.776. The molecule has 190 valence electrons. The number of rotatable bonds is 9. The van der Waals surface area contributed by atoms with Gasteiger partial charge in [0.1, 0.15) is 18.8 Å². The quantitative estimate of drug-likeness (QED) is 0.408. The molecule has 0 aromatic heterocycles. The minimum Gasteiger partial charge on any atom is -0.493 e. The van der Waals surface area contributed by atoms with Crippen LogP contribution in [0.5, 0.6) is 11.5 Å². The normalized spacial score (nSPS) is 15.4. The van der Waals surface area contributed by atoms with Crippen molar-refractivity contribution in [3.63, 3.8) is 0 Å². The van der Waals surface area contributed by atoms with Gasteiger partial charge in [0, 0.05) is 18.7 Å². The molecule has 0 radical (unpaired) electrons. The van der Waals surface area contributed by atoms with Gasteiger partial charge in [-0.25, -0.2) is 4.79 Å². The van der Waals surface area contributed by atoms with Crippen LogP contribution in [-0.2, 0) is 16.1 Å². The second-order valence-corrected chi connectivity index (χ2v) is 8.53. The number of benzene rings is 3. The Kier molecular flexibility index (Phi) is 8.11. The highest BCUT2D eigenvalue weighted by atomic mass is 16.7. The second kappa shape index (κ2) is 11.8. The number of hydrogen-bond acceptors (Lipinski definition) is 7. The number of hydrogen-bond donors (Lipinski definition) is 2. The molecular formula is C28H27N3O6. The zero-order valence-corrected chi connectivity index (χ0v) is 20.3. The van der Waals surface area contributed by atoms with Gasteiger partial charge in [-0.1, -0.05) is 36.4 Å². The van der Waals surface area contributed by atoms with Gasteiger partial charge >= 0.3 is 6.16 Å². The molecule has 1 amide bonds. The van der Waals surface area contributed by atoms with Gasteiger partial charge in [-0.15, -0.1) is 0 Å². The number of amides is 1. The minimum absolute atomic E-state index is 0.173. The molecular weight excluding hydrogens is 474 g/mol. The molecule has 1 aliphatic heterocycles. The number of nitrogens with one attached hydrogen (secondary N) is 1. The van der Waals surface area contributed by atoms with Crippen molar-refractivity contribution in [2.45, 2.75) is 25.2 Å². The van der Waals surface area contributed by atoms with Crippen molar-refractivity contribution in [1.29, 1.82) is 5.26 Å². The van der Waals surface area contributed by atoms with Gasteiger partial charge in [-0.2, -0.15) is 5.26 Å². The molecule has 9 nitrogen and oxygen atoms in total. The van der Waals surface area contributed by atoms with Crippen molar-refractivity contribution in [1.82, 2.24) is 4.90 Å². The van der Waals surface area contributed by atoms with Crippen LogP contribution in [0.3, 0.4) is 0 Å². The number of ether oxygens (including phenoxy) is 3. The van der Waals surface area contributed by atoms with Crippen molar-refractivity contribution in [2.75, 3.05) is 25.5 Å². The summed E-state index contributed by atoms with van der Waals surface area (Å²) >= 11 is 0. The number of carboxylic acid groups (broad SMARTS) is 1. The summed E-state index contributed by atoms with van der Waals surface area (Å²) in [7, 11) is 1.54. The van der Waals surface area contributed by atoms with Crippen molar-refractivity contribution in [3.05, 3.63) is 89.5 Å². The molecule has 2 atom stereocenters. The Labute approximate surface area is 214 Å². The maximum Gasteiger partial charge on any atom is 0.506 e. The number of carbonyl (C=O) groups excluding carboxylic acids is 1. The maximum absolute atomic E-state index is 13.6. The van der Waals surface area contributed by atoms with Crippen LogP contribution in [0.15, 0.2) is 72.8 Å². The van der Waals surface area contributed by atoms with E-state index in [9.17, 15) is 9.59 Å². The minimum atomic E-state index is -1.36. The van der Waals surface area contributed by atoms with Crippen LogP contribution in [-0.4, -0.2) is 48.4 Å². The Hall–Kier alpha value is -4.71. The summed E-state index contributed by atoms with van der Waals surface area (Å²) in [6, 6.07) is 23.1. The van der Waals surface area contributed by atoms with E-state index in [2.05, 4.69) is 11.4 Å². The number of likely N-dealkylation sites (tertiary alicyclic amines) is 1. The molecule has 3 aromatic carbocycles. The van der Waals surface area contributed by atoms with E-state index in [1.54, 1.807) is 47.4 Å². The van der Waals surface area contributed by atoms with Gasteiger partial charge in [0.05, 0.1) is 25.3 Å². The highest BCUT2D eigenvalue weighted by Gasteiger charge is 2.34. The fourth-order valence-electron chi connectivity index (χ4n) is 4.16. The van der Waals surface area contributed by atoms with Crippen LogP contribution in [0.1, 0.15) is 29.2 Å². The van der Waals surface area contributed by atoms with Crippen LogP contribution >= 0.6 is 0 Å². The summed E-state index contributed by atoms with van der Waals surface area (Å²) in [5, 5.41) is 21.3. The summed E-state index contributed by atoms with van der Waals surface area (Å²) in [6.07, 6.45) is -1.50. The van der Waals surface area contributed by atoms with Crippen LogP contribution in [0, 0.1) is 11.3 Å². The number of methoxy groups -OCH3 is 1. The largest absolute Gasteiger partial charge is 0.506 e. The van der Waals surface area contributed by atoms with Gasteiger partial charge in [-0.3, -0.25) is 4.79 Å². The smallest absolute Gasteiger partial charge is 0.493 e. The van der Waals surface area contributed by atoms with E-state index < -0.39 is 18.3 Å². The van der Waals surface area contributed by atoms with E-state index in [0.29, 0.717) is 47.9 Å². The topological polar surface area (TPSA) is 121 Å². The SMILES string of the molecule is COc1cc(C(Nc2ccc(C#N)cc2)C(=O)N2CCC(OC(=O)O)C2)ccc1OCc1ccccc1. The predicted octanol–water partition coefficient (Wildman–Crippen LogP) is 4.59. The molecule has 37 heavy (non-hydrogen) atoms. The predicted molar refractivity (Wildman–Crippen MR) is 135 cm³/mol. The Bertz CT molecular complexity index is 1270. The van der Waals surface area contributed by atoms with Crippen molar-refractivity contribution in [3.8, 4) is 17.6 Å². The van der Waals surface area contributed by atoms with Crippen molar-refractivity contribution < 1.29 is 28.9 Å². The Morgan fingerprint density at radius 2 is 1.86 bits per heavy atom. The Morgan fingerprint density at radius 3 is 2.54 bits per heavy atom. The molecule has 1 heterocycles. The molecule has 0 saturated carbocycles. The van der Waals surface area contributed by atoms with E-state index in [1.807, 2.05) is 30.3 Å². The first-order chi connectivity index (χ1) is 18.0. The lowest BCUT2D eigenvalue weighted by atomic mass is 10.0. The lowest BCUT2D eigenvalue weighted by Gasteiger charge is -2.26. The Balaban J connectivity index is 1.58. The van der Waals surface area contributed by atoms with E-state index in [1.165, 1.54) is 7.11 Å². The molecule has 9 heteroatoms. The highest BCUT2D eigenvalue weighted by molar-refractivity contribution is 5.86. The average Bonchev–Trinajstić information content (AvgIpc) is 3.39. The first kappa shape index (κ1) is 25.4. The third-order valence-electron chi connectivity index (χ3n) is 6.05. The summed E-state index contributed by atoms with van der Waals surface area (Å²) in [4.78, 5) is 26.2. The lowest BCUT2D eigenvalue weighted by Crippen LogP contribution is -2.37. The molecule has 1 fully saturated rings. The maximum atomic E-state index is 13.6. The van der Waals surface area contributed by atoms with E-state index >= 15 is 0 Å². The van der Waals surface area contributed by atoms with Gasteiger partial charge in [-0.05, 0) is 47.5 Å². The summed E-state index contributed by atoms with van der Waals surface area (Å²) < 4.78 is 16.4. The second-order valence-electron chi connectivity index (χ2n) is 8.53. The zero-order chi connectivity index (χ0) is 26.2. The fourth-order valence-corrected chi connectivity index (χ4v) is 4.16. The third-order valence-corrected chi connectivity index (χ3v) is 6.05. The number of nitrogens with zero attached hydrogens (tertiary/aromatic N) is 2.